The number of hydrogen-bond acceptors (Lipinski definition) is 2. The number of rotatable bonds is 1. The lowest BCUT2D eigenvalue weighted by Gasteiger charge is -2.22. The van der Waals surface area contributed by atoms with Crippen molar-refractivity contribution in [1.82, 2.24) is 10.2 Å². The highest BCUT2D eigenvalue weighted by Gasteiger charge is 2.30. The van der Waals surface area contributed by atoms with Crippen LogP contribution in [0.25, 0.3) is 0 Å². The molecule has 2 unspecified atom stereocenters. The predicted molar refractivity (Wildman–Crippen MR) is 47.1 cm³/mol. The molecule has 0 spiro atoms. The fraction of sp³-hybridized carbons (Fsp3) is 0.889. The van der Waals surface area contributed by atoms with E-state index in [1.54, 1.807) is 4.90 Å². The van der Waals surface area contributed by atoms with Gasteiger partial charge in [-0.2, -0.15) is 0 Å². The minimum absolute atomic E-state index is 0.347. The highest BCUT2D eigenvalue weighted by atomic mass is 19.1. The van der Waals surface area contributed by atoms with Gasteiger partial charge in [-0.15, -0.1) is 0 Å². The molecule has 3 aliphatic heterocycles. The minimum Gasteiger partial charge on any atom is -0.339 e. The Bertz CT molecular complexity index is 188. The van der Waals surface area contributed by atoms with Crippen LogP contribution in [0, 0.1) is 5.92 Å². The second-order valence-electron chi connectivity index (χ2n) is 3.98. The number of nitrogens with one attached hydrogen (secondary N) is 1. The van der Waals surface area contributed by atoms with Gasteiger partial charge in [-0.1, -0.05) is 0 Å². The number of hydrogen-bond donors (Lipinski definition) is 1. The number of alkyl halides is 1. The van der Waals surface area contributed by atoms with Gasteiger partial charge in [0, 0.05) is 19.1 Å². The molecule has 1 amide bonds. The van der Waals surface area contributed by atoms with E-state index in [0.717, 1.165) is 19.5 Å². The normalized spacial score (nSPS) is 33.2. The fourth-order valence-electron chi connectivity index (χ4n) is 2.23. The summed E-state index contributed by atoms with van der Waals surface area (Å²) in [6, 6.07) is 0.397. The third kappa shape index (κ3) is 1.82. The Hall–Kier alpha value is -0.640. The molecular formula is C9H15FN2O. The summed E-state index contributed by atoms with van der Waals surface area (Å²) in [7, 11) is 0. The molecule has 3 nitrogen and oxygen atoms in total. The van der Waals surface area contributed by atoms with Crippen LogP contribution in [0.2, 0.25) is 0 Å². The Morgan fingerprint density at radius 1 is 1.46 bits per heavy atom. The van der Waals surface area contributed by atoms with Gasteiger partial charge in [0.05, 0.1) is 0 Å². The summed E-state index contributed by atoms with van der Waals surface area (Å²) in [6.07, 6.45) is 2.30. The largest absolute Gasteiger partial charge is 0.339 e. The van der Waals surface area contributed by atoms with Crippen molar-refractivity contribution in [3.8, 4) is 0 Å². The van der Waals surface area contributed by atoms with E-state index in [0.29, 0.717) is 18.5 Å². The second kappa shape index (κ2) is 3.62. The second-order valence-corrected chi connectivity index (χ2v) is 3.98. The molecule has 3 aliphatic rings. The summed E-state index contributed by atoms with van der Waals surface area (Å²) in [5.41, 5.74) is 0. The standard InChI is InChI=1S/C9H15FN2O/c10-3-9(13)12-5-7-1-2-8(6-12)11-4-7/h7-8,11H,1-6H2. The van der Waals surface area contributed by atoms with Gasteiger partial charge in [0.2, 0.25) is 0 Å². The van der Waals surface area contributed by atoms with Crippen LogP contribution < -0.4 is 5.32 Å². The van der Waals surface area contributed by atoms with Crippen LogP contribution in [0.5, 0.6) is 0 Å². The minimum atomic E-state index is -0.848. The van der Waals surface area contributed by atoms with Crippen molar-refractivity contribution in [2.75, 3.05) is 26.3 Å². The Morgan fingerprint density at radius 2 is 2.31 bits per heavy atom. The monoisotopic (exact) mass is 186 g/mol. The van der Waals surface area contributed by atoms with E-state index in [1.165, 1.54) is 6.42 Å². The molecule has 1 N–H and O–H groups in total. The molecule has 2 atom stereocenters. The van der Waals surface area contributed by atoms with E-state index < -0.39 is 6.67 Å². The van der Waals surface area contributed by atoms with E-state index in [1.807, 2.05) is 0 Å². The summed E-state index contributed by atoms with van der Waals surface area (Å²) < 4.78 is 12.2. The maximum atomic E-state index is 12.2. The van der Waals surface area contributed by atoms with Gasteiger partial charge >= 0.3 is 0 Å². The molecule has 2 bridgehead atoms. The van der Waals surface area contributed by atoms with E-state index >= 15 is 0 Å². The van der Waals surface area contributed by atoms with Crippen molar-refractivity contribution in [3.63, 3.8) is 0 Å². The number of amides is 1. The summed E-state index contributed by atoms with van der Waals surface area (Å²) in [6.45, 7) is 1.58. The van der Waals surface area contributed by atoms with Gasteiger partial charge in [0.1, 0.15) is 0 Å². The number of piperidine rings is 1. The molecule has 3 heterocycles. The van der Waals surface area contributed by atoms with Crippen molar-refractivity contribution in [3.05, 3.63) is 0 Å². The lowest BCUT2D eigenvalue weighted by atomic mass is 9.97. The quantitative estimate of drug-likeness (QED) is 0.633. The van der Waals surface area contributed by atoms with Gasteiger partial charge in [0.25, 0.3) is 5.91 Å². The molecule has 74 valence electrons. The average Bonchev–Trinajstić information content (AvgIpc) is 2.49. The highest BCUT2D eigenvalue weighted by Crippen LogP contribution is 2.21. The summed E-state index contributed by atoms with van der Waals surface area (Å²) in [5, 5.41) is 3.37. The summed E-state index contributed by atoms with van der Waals surface area (Å²) >= 11 is 0. The SMILES string of the molecule is O=C(CF)N1CC2CCC(C1)NC2. The molecule has 0 saturated carbocycles. The van der Waals surface area contributed by atoms with Crippen molar-refractivity contribution in [1.29, 1.82) is 0 Å². The van der Waals surface area contributed by atoms with Crippen LogP contribution >= 0.6 is 0 Å². The number of fused-ring (bicyclic) bond motifs is 4. The fourth-order valence-corrected chi connectivity index (χ4v) is 2.23. The molecule has 0 aromatic rings. The number of carbonyl (C=O) groups excluding carboxylic acids is 1. The zero-order chi connectivity index (χ0) is 9.26. The summed E-state index contributed by atoms with van der Waals surface area (Å²) in [5.74, 6) is 0.190. The lowest BCUT2D eigenvalue weighted by Crippen LogP contribution is -2.41. The zero-order valence-corrected chi connectivity index (χ0v) is 7.63. The molecule has 0 aliphatic carbocycles. The van der Waals surface area contributed by atoms with Crippen LogP contribution in [0.4, 0.5) is 4.39 Å². The molecule has 3 saturated heterocycles. The third-order valence-electron chi connectivity index (χ3n) is 3.00. The van der Waals surface area contributed by atoms with Crippen LogP contribution in [-0.4, -0.2) is 43.2 Å². The average molecular weight is 186 g/mol. The number of carbonyl (C=O) groups is 1. The van der Waals surface area contributed by atoms with Gasteiger partial charge in [0.15, 0.2) is 6.67 Å². The van der Waals surface area contributed by atoms with Gasteiger partial charge in [-0.3, -0.25) is 4.79 Å². The van der Waals surface area contributed by atoms with E-state index in [9.17, 15) is 9.18 Å². The van der Waals surface area contributed by atoms with E-state index in [2.05, 4.69) is 5.32 Å². The first kappa shape index (κ1) is 8.94. The maximum Gasteiger partial charge on any atom is 0.254 e. The molecule has 0 radical (unpaired) electrons. The molecule has 3 fully saturated rings. The predicted octanol–water partition coefficient (Wildman–Crippen LogP) is 0.166. The van der Waals surface area contributed by atoms with Gasteiger partial charge in [-0.25, -0.2) is 4.39 Å². The smallest absolute Gasteiger partial charge is 0.254 e. The number of halogens is 1. The van der Waals surface area contributed by atoms with Crippen molar-refractivity contribution < 1.29 is 9.18 Å². The third-order valence-corrected chi connectivity index (χ3v) is 3.00. The Labute approximate surface area is 77.3 Å². The van der Waals surface area contributed by atoms with Crippen molar-refractivity contribution in [2.45, 2.75) is 18.9 Å². The van der Waals surface area contributed by atoms with Crippen LogP contribution in [0.3, 0.4) is 0 Å². The first-order chi connectivity index (χ1) is 6.29. The van der Waals surface area contributed by atoms with Crippen LogP contribution in [0.15, 0.2) is 0 Å². The maximum absolute atomic E-state index is 12.2. The lowest BCUT2D eigenvalue weighted by molar-refractivity contribution is -0.132. The van der Waals surface area contributed by atoms with Crippen molar-refractivity contribution in [2.24, 2.45) is 5.92 Å². The van der Waals surface area contributed by atoms with Gasteiger partial charge < -0.3 is 10.2 Å². The molecular weight excluding hydrogens is 171 g/mol. The van der Waals surface area contributed by atoms with Crippen molar-refractivity contribution >= 4 is 5.91 Å². The highest BCUT2D eigenvalue weighted by molar-refractivity contribution is 5.77. The topological polar surface area (TPSA) is 32.3 Å². The molecule has 0 aromatic carbocycles. The Kier molecular flexibility index (Phi) is 2.49. The molecule has 13 heavy (non-hydrogen) atoms. The first-order valence-corrected chi connectivity index (χ1v) is 4.86. The Morgan fingerprint density at radius 3 is 2.92 bits per heavy atom. The first-order valence-electron chi connectivity index (χ1n) is 4.86. The van der Waals surface area contributed by atoms with Gasteiger partial charge in [-0.05, 0) is 25.3 Å². The zero-order valence-electron chi connectivity index (χ0n) is 7.63. The summed E-state index contributed by atoms with van der Waals surface area (Å²) in [4.78, 5) is 12.8. The molecule has 4 heteroatoms. The van der Waals surface area contributed by atoms with Crippen LogP contribution in [-0.2, 0) is 4.79 Å². The molecule has 0 aromatic heterocycles. The van der Waals surface area contributed by atoms with E-state index in [-0.39, 0.29) is 5.91 Å². The van der Waals surface area contributed by atoms with E-state index in [4.69, 9.17) is 0 Å². The molecule has 3 rings (SSSR count). The van der Waals surface area contributed by atoms with Crippen LogP contribution in [0.1, 0.15) is 12.8 Å². The Balaban J connectivity index is 2.03. The number of nitrogens with zero attached hydrogens (tertiary/aromatic N) is 1.